The first-order valence-corrected chi connectivity index (χ1v) is 8.72. The van der Waals surface area contributed by atoms with Crippen molar-refractivity contribution in [2.24, 2.45) is 0 Å². The molecule has 0 aliphatic rings. The first-order valence-electron chi connectivity index (χ1n) is 7.46. The fourth-order valence-corrected chi connectivity index (χ4v) is 3.28. The summed E-state index contributed by atoms with van der Waals surface area (Å²) < 4.78 is 1.72. The standard InChI is InChI=1S/C18H16ClN3OS/c1-13(24-16-10-6-5-9-15(16)19)18(23)20-17-11-12-22(21-17)14-7-3-2-4-8-14/h2-13H,1H3,(H,20,21,23). The molecule has 0 bridgehead atoms. The van der Waals surface area contributed by atoms with Crippen LogP contribution in [0.3, 0.4) is 0 Å². The Labute approximate surface area is 149 Å². The molecule has 2 aromatic carbocycles. The maximum absolute atomic E-state index is 12.3. The summed E-state index contributed by atoms with van der Waals surface area (Å²) >= 11 is 7.56. The van der Waals surface area contributed by atoms with Crippen LogP contribution >= 0.6 is 23.4 Å². The number of carbonyl (C=O) groups excluding carboxylic acids is 1. The largest absolute Gasteiger partial charge is 0.308 e. The lowest BCUT2D eigenvalue weighted by Crippen LogP contribution is -2.22. The molecule has 1 aromatic heterocycles. The van der Waals surface area contributed by atoms with Gasteiger partial charge < -0.3 is 5.32 Å². The Kier molecular flexibility index (Phi) is 5.23. The fraction of sp³-hybridized carbons (Fsp3) is 0.111. The van der Waals surface area contributed by atoms with Crippen LogP contribution in [0.4, 0.5) is 5.82 Å². The maximum Gasteiger partial charge on any atom is 0.238 e. The predicted octanol–water partition coefficient (Wildman–Crippen LogP) is 4.65. The molecule has 1 heterocycles. The second kappa shape index (κ2) is 7.55. The van der Waals surface area contributed by atoms with Gasteiger partial charge in [-0.1, -0.05) is 41.9 Å². The van der Waals surface area contributed by atoms with Gasteiger partial charge in [0.1, 0.15) is 0 Å². The summed E-state index contributed by atoms with van der Waals surface area (Å²) in [5.41, 5.74) is 0.941. The molecule has 3 aromatic rings. The van der Waals surface area contributed by atoms with Gasteiger partial charge in [-0.15, -0.1) is 11.8 Å². The first-order chi connectivity index (χ1) is 11.6. The minimum atomic E-state index is -0.285. The van der Waals surface area contributed by atoms with Crippen molar-refractivity contribution in [1.29, 1.82) is 0 Å². The van der Waals surface area contributed by atoms with Gasteiger partial charge in [-0.2, -0.15) is 5.10 Å². The number of hydrogen-bond donors (Lipinski definition) is 1. The van der Waals surface area contributed by atoms with E-state index in [-0.39, 0.29) is 11.2 Å². The molecule has 1 N–H and O–H groups in total. The maximum atomic E-state index is 12.3. The van der Waals surface area contributed by atoms with Crippen LogP contribution in [-0.4, -0.2) is 20.9 Å². The number of thioether (sulfide) groups is 1. The normalized spacial score (nSPS) is 11.9. The van der Waals surface area contributed by atoms with E-state index in [4.69, 9.17) is 11.6 Å². The number of anilines is 1. The quantitative estimate of drug-likeness (QED) is 0.676. The molecule has 0 saturated heterocycles. The number of halogens is 1. The minimum absolute atomic E-state index is 0.113. The third-order valence-corrected chi connectivity index (χ3v) is 4.99. The van der Waals surface area contributed by atoms with Crippen molar-refractivity contribution >= 4 is 35.1 Å². The van der Waals surface area contributed by atoms with E-state index in [1.165, 1.54) is 11.8 Å². The van der Waals surface area contributed by atoms with Crippen LogP contribution in [0.2, 0.25) is 5.02 Å². The fourth-order valence-electron chi connectivity index (χ4n) is 2.13. The Morgan fingerprint density at radius 3 is 2.58 bits per heavy atom. The molecule has 4 nitrogen and oxygen atoms in total. The van der Waals surface area contributed by atoms with Crippen molar-refractivity contribution in [2.75, 3.05) is 5.32 Å². The molecule has 122 valence electrons. The smallest absolute Gasteiger partial charge is 0.238 e. The van der Waals surface area contributed by atoms with Gasteiger partial charge in [-0.05, 0) is 31.2 Å². The van der Waals surface area contributed by atoms with Gasteiger partial charge in [0.25, 0.3) is 0 Å². The molecule has 0 spiro atoms. The second-order valence-electron chi connectivity index (χ2n) is 5.16. The number of carbonyl (C=O) groups is 1. The molecule has 1 amide bonds. The van der Waals surface area contributed by atoms with E-state index in [0.29, 0.717) is 10.8 Å². The van der Waals surface area contributed by atoms with Crippen molar-refractivity contribution in [3.8, 4) is 5.69 Å². The lowest BCUT2D eigenvalue weighted by molar-refractivity contribution is -0.115. The zero-order chi connectivity index (χ0) is 16.9. The second-order valence-corrected chi connectivity index (χ2v) is 6.95. The first kappa shape index (κ1) is 16.6. The van der Waals surface area contributed by atoms with Gasteiger partial charge in [0.05, 0.1) is 16.0 Å². The van der Waals surface area contributed by atoms with Crippen molar-refractivity contribution in [3.63, 3.8) is 0 Å². The van der Waals surface area contributed by atoms with Crippen molar-refractivity contribution in [1.82, 2.24) is 9.78 Å². The van der Waals surface area contributed by atoms with Crippen molar-refractivity contribution in [2.45, 2.75) is 17.1 Å². The number of hydrogen-bond acceptors (Lipinski definition) is 3. The van der Waals surface area contributed by atoms with Crippen molar-refractivity contribution < 1.29 is 4.79 Å². The number of amides is 1. The monoisotopic (exact) mass is 357 g/mol. The average molecular weight is 358 g/mol. The van der Waals surface area contributed by atoms with E-state index in [1.807, 2.05) is 67.7 Å². The van der Waals surface area contributed by atoms with Crippen molar-refractivity contribution in [3.05, 3.63) is 71.9 Å². The Bertz CT molecular complexity index is 835. The molecule has 1 unspecified atom stereocenters. The molecular formula is C18H16ClN3OS. The summed E-state index contributed by atoms with van der Waals surface area (Å²) in [6, 6.07) is 19.0. The number of aromatic nitrogens is 2. The van der Waals surface area contributed by atoms with E-state index < -0.39 is 0 Å². The summed E-state index contributed by atoms with van der Waals surface area (Å²) in [7, 11) is 0. The minimum Gasteiger partial charge on any atom is -0.308 e. The van der Waals surface area contributed by atoms with E-state index in [2.05, 4.69) is 10.4 Å². The zero-order valence-electron chi connectivity index (χ0n) is 13.0. The van der Waals surface area contributed by atoms with Crippen LogP contribution in [-0.2, 0) is 4.79 Å². The highest BCUT2D eigenvalue weighted by molar-refractivity contribution is 8.00. The third-order valence-electron chi connectivity index (χ3n) is 3.37. The molecule has 3 rings (SSSR count). The molecule has 0 saturated carbocycles. The van der Waals surface area contributed by atoms with Crippen LogP contribution in [0.25, 0.3) is 5.69 Å². The summed E-state index contributed by atoms with van der Waals surface area (Å²) in [5, 5.41) is 7.58. The Morgan fingerprint density at radius 2 is 1.83 bits per heavy atom. The Morgan fingerprint density at radius 1 is 1.12 bits per heavy atom. The number of benzene rings is 2. The number of nitrogens with one attached hydrogen (secondary N) is 1. The summed E-state index contributed by atoms with van der Waals surface area (Å²) in [6.07, 6.45) is 1.82. The van der Waals surface area contributed by atoms with Gasteiger partial charge in [-0.3, -0.25) is 4.79 Å². The SMILES string of the molecule is CC(Sc1ccccc1Cl)C(=O)Nc1ccn(-c2ccccc2)n1. The third kappa shape index (κ3) is 3.99. The van der Waals surface area contributed by atoms with E-state index in [9.17, 15) is 4.79 Å². The van der Waals surface area contributed by atoms with Gasteiger partial charge in [-0.25, -0.2) is 4.68 Å². The van der Waals surface area contributed by atoms with Crippen LogP contribution in [0.1, 0.15) is 6.92 Å². The summed E-state index contributed by atoms with van der Waals surface area (Å²) in [4.78, 5) is 13.2. The Balaban J connectivity index is 1.65. The molecule has 24 heavy (non-hydrogen) atoms. The molecular weight excluding hydrogens is 342 g/mol. The zero-order valence-corrected chi connectivity index (χ0v) is 14.6. The van der Waals surface area contributed by atoms with Gasteiger partial charge in [0.15, 0.2) is 5.82 Å². The molecule has 0 radical (unpaired) electrons. The number of nitrogens with zero attached hydrogens (tertiary/aromatic N) is 2. The summed E-state index contributed by atoms with van der Waals surface area (Å²) in [5.74, 6) is 0.411. The highest BCUT2D eigenvalue weighted by atomic mass is 35.5. The highest BCUT2D eigenvalue weighted by Gasteiger charge is 2.17. The van der Waals surface area contributed by atoms with E-state index in [1.54, 1.807) is 10.7 Å². The van der Waals surface area contributed by atoms with E-state index in [0.717, 1.165) is 10.6 Å². The number of para-hydroxylation sites is 1. The highest BCUT2D eigenvalue weighted by Crippen LogP contribution is 2.30. The molecule has 0 fully saturated rings. The van der Waals surface area contributed by atoms with Gasteiger partial charge in [0.2, 0.25) is 5.91 Å². The molecule has 6 heteroatoms. The lowest BCUT2D eigenvalue weighted by atomic mass is 10.3. The van der Waals surface area contributed by atoms with Crippen LogP contribution in [0.5, 0.6) is 0 Å². The van der Waals surface area contributed by atoms with Crippen LogP contribution in [0.15, 0.2) is 71.8 Å². The summed E-state index contributed by atoms with van der Waals surface area (Å²) in [6.45, 7) is 1.84. The average Bonchev–Trinajstić information content (AvgIpc) is 3.06. The lowest BCUT2D eigenvalue weighted by Gasteiger charge is -2.11. The van der Waals surface area contributed by atoms with Gasteiger partial charge >= 0.3 is 0 Å². The molecule has 1 atom stereocenters. The molecule has 0 aliphatic carbocycles. The topological polar surface area (TPSA) is 46.9 Å². The molecule has 0 aliphatic heterocycles. The van der Waals surface area contributed by atoms with Crippen LogP contribution in [0, 0.1) is 0 Å². The van der Waals surface area contributed by atoms with Crippen LogP contribution < -0.4 is 5.32 Å². The number of rotatable bonds is 5. The predicted molar refractivity (Wildman–Crippen MR) is 99.0 cm³/mol. The van der Waals surface area contributed by atoms with Gasteiger partial charge in [0, 0.05) is 17.2 Å². The Hall–Kier alpha value is -2.24. The van der Waals surface area contributed by atoms with E-state index >= 15 is 0 Å².